The summed E-state index contributed by atoms with van der Waals surface area (Å²) in [7, 11) is 0. The van der Waals surface area contributed by atoms with E-state index >= 15 is 0 Å². The van der Waals surface area contributed by atoms with Gasteiger partial charge in [0, 0.05) is 41.6 Å². The molecule has 0 amide bonds. The van der Waals surface area contributed by atoms with Crippen LogP contribution >= 0.6 is 11.6 Å². The van der Waals surface area contributed by atoms with Crippen LogP contribution in [-0.4, -0.2) is 33.8 Å². The number of aliphatic hydroxyl groups is 1. The number of nitrogens with zero attached hydrogens (tertiary/aromatic N) is 2. The van der Waals surface area contributed by atoms with E-state index < -0.39 is 6.10 Å². The van der Waals surface area contributed by atoms with Gasteiger partial charge >= 0.3 is 0 Å². The number of aliphatic hydroxyl groups excluding tert-OH is 1. The Morgan fingerprint density at radius 3 is 2.50 bits per heavy atom. The molecular weight excluding hydrogens is 344 g/mol. The topological polar surface area (TPSA) is 28.4 Å². The van der Waals surface area contributed by atoms with Crippen LogP contribution in [0.15, 0.2) is 60.8 Å². The second-order valence-corrected chi connectivity index (χ2v) is 7.63. The van der Waals surface area contributed by atoms with Gasteiger partial charge in [-0.25, -0.2) is 0 Å². The first-order chi connectivity index (χ1) is 12.7. The normalized spacial score (nSPS) is 18.1. The quantitative estimate of drug-likeness (QED) is 0.695. The van der Waals surface area contributed by atoms with Crippen molar-refractivity contribution in [3.8, 4) is 0 Å². The summed E-state index contributed by atoms with van der Waals surface area (Å²) in [6.07, 6.45) is 5.87. The maximum absolute atomic E-state index is 11.2. The fourth-order valence-electron chi connectivity index (χ4n) is 4.11. The molecule has 1 aromatic heterocycles. The Hall–Kier alpha value is -1.81. The minimum atomic E-state index is -0.471. The number of hydrogen-bond acceptors (Lipinski definition) is 2. The van der Waals surface area contributed by atoms with E-state index in [0.29, 0.717) is 6.42 Å². The van der Waals surface area contributed by atoms with Gasteiger partial charge < -0.3 is 9.67 Å². The Morgan fingerprint density at radius 1 is 0.962 bits per heavy atom. The summed E-state index contributed by atoms with van der Waals surface area (Å²) in [5.41, 5.74) is 2.29. The van der Waals surface area contributed by atoms with Gasteiger partial charge in [0.15, 0.2) is 0 Å². The average Bonchev–Trinajstić information content (AvgIpc) is 3.06. The third kappa shape index (κ3) is 3.66. The predicted molar refractivity (Wildman–Crippen MR) is 108 cm³/mol. The monoisotopic (exact) mass is 368 g/mol. The van der Waals surface area contributed by atoms with Gasteiger partial charge in [0.25, 0.3) is 0 Å². The van der Waals surface area contributed by atoms with Crippen molar-refractivity contribution in [1.82, 2.24) is 9.47 Å². The lowest BCUT2D eigenvalue weighted by Crippen LogP contribution is -2.43. The second-order valence-electron chi connectivity index (χ2n) is 7.19. The molecule has 4 rings (SSSR count). The third-order valence-electron chi connectivity index (χ3n) is 5.36. The minimum Gasteiger partial charge on any atom is -0.389 e. The fraction of sp³-hybridized carbons (Fsp3) is 0.364. The van der Waals surface area contributed by atoms with Gasteiger partial charge in [0.1, 0.15) is 6.17 Å². The summed E-state index contributed by atoms with van der Waals surface area (Å²) in [5.74, 6) is 0. The molecule has 1 aliphatic heterocycles. The first kappa shape index (κ1) is 17.6. The fourth-order valence-corrected chi connectivity index (χ4v) is 4.29. The molecule has 1 N–H and O–H groups in total. The van der Waals surface area contributed by atoms with Crippen molar-refractivity contribution in [2.75, 3.05) is 13.1 Å². The van der Waals surface area contributed by atoms with E-state index in [4.69, 9.17) is 11.6 Å². The molecule has 0 bridgehead atoms. The molecule has 136 valence electrons. The number of hydrogen-bond donors (Lipinski definition) is 1. The number of halogens is 1. The number of piperidine rings is 1. The molecular formula is C22H25ClN2O. The molecule has 3 aromatic rings. The molecule has 1 fully saturated rings. The van der Waals surface area contributed by atoms with Crippen molar-refractivity contribution in [2.45, 2.75) is 38.0 Å². The Kier molecular flexibility index (Phi) is 5.30. The van der Waals surface area contributed by atoms with Gasteiger partial charge in [-0.05, 0) is 42.7 Å². The van der Waals surface area contributed by atoms with Gasteiger partial charge in [0.2, 0.25) is 0 Å². The van der Waals surface area contributed by atoms with Crippen LogP contribution in [0.1, 0.15) is 31.0 Å². The van der Waals surface area contributed by atoms with Crippen molar-refractivity contribution in [3.05, 3.63) is 71.4 Å². The number of aromatic nitrogens is 1. The number of benzene rings is 2. The molecule has 1 saturated heterocycles. The van der Waals surface area contributed by atoms with Crippen LogP contribution in [0.5, 0.6) is 0 Å². The smallest absolute Gasteiger partial charge is 0.113 e. The summed E-state index contributed by atoms with van der Waals surface area (Å²) in [4.78, 5) is 2.44. The lowest BCUT2D eigenvalue weighted by Gasteiger charge is -2.38. The predicted octanol–water partition coefficient (Wildman–Crippen LogP) is 4.88. The van der Waals surface area contributed by atoms with Crippen LogP contribution in [0.25, 0.3) is 10.9 Å². The van der Waals surface area contributed by atoms with E-state index in [9.17, 15) is 5.11 Å². The zero-order chi connectivity index (χ0) is 17.9. The van der Waals surface area contributed by atoms with Gasteiger partial charge in [0.05, 0.1) is 6.10 Å². The Bertz CT molecular complexity index is 855. The van der Waals surface area contributed by atoms with E-state index in [1.165, 1.54) is 24.8 Å². The number of likely N-dealkylation sites (tertiary alicyclic amines) is 1. The first-order valence-electron chi connectivity index (χ1n) is 9.44. The molecule has 0 aliphatic carbocycles. The lowest BCUT2D eigenvalue weighted by atomic mass is 10.0. The highest BCUT2D eigenvalue weighted by atomic mass is 35.5. The van der Waals surface area contributed by atoms with Crippen LogP contribution in [-0.2, 0) is 6.42 Å². The van der Waals surface area contributed by atoms with Crippen molar-refractivity contribution in [3.63, 3.8) is 0 Å². The van der Waals surface area contributed by atoms with E-state index in [-0.39, 0.29) is 6.17 Å². The zero-order valence-electron chi connectivity index (χ0n) is 14.9. The average molecular weight is 369 g/mol. The molecule has 2 heterocycles. The number of fused-ring (bicyclic) bond motifs is 1. The van der Waals surface area contributed by atoms with E-state index in [1.54, 1.807) is 0 Å². The van der Waals surface area contributed by atoms with Crippen molar-refractivity contribution in [2.24, 2.45) is 0 Å². The summed E-state index contributed by atoms with van der Waals surface area (Å²) < 4.78 is 2.23. The standard InChI is InChI=1S/C22H25ClN2O/c23-19-9-10-20-18(16-19)11-14-25(20)22(24-12-5-2-6-13-24)21(26)15-17-7-3-1-4-8-17/h1,3-4,7-11,14,16,21-22,26H,2,5-6,12-13,15H2. The van der Waals surface area contributed by atoms with Crippen LogP contribution in [0.2, 0.25) is 5.02 Å². The highest BCUT2D eigenvalue weighted by molar-refractivity contribution is 6.31. The van der Waals surface area contributed by atoms with Gasteiger partial charge in [-0.1, -0.05) is 48.4 Å². The highest BCUT2D eigenvalue weighted by Gasteiger charge is 2.29. The molecule has 4 heteroatoms. The molecule has 3 nitrogen and oxygen atoms in total. The maximum atomic E-state index is 11.2. The first-order valence-corrected chi connectivity index (χ1v) is 9.82. The number of rotatable bonds is 5. The summed E-state index contributed by atoms with van der Waals surface area (Å²) in [6, 6.07) is 18.3. The van der Waals surface area contributed by atoms with Crippen molar-refractivity contribution >= 4 is 22.5 Å². The van der Waals surface area contributed by atoms with E-state index in [1.807, 2.05) is 30.3 Å². The lowest BCUT2D eigenvalue weighted by molar-refractivity contribution is 0.000154. The molecule has 0 spiro atoms. The third-order valence-corrected chi connectivity index (χ3v) is 5.60. The van der Waals surface area contributed by atoms with Crippen LogP contribution < -0.4 is 0 Å². The minimum absolute atomic E-state index is 0.0609. The molecule has 2 aromatic carbocycles. The molecule has 2 unspecified atom stereocenters. The largest absolute Gasteiger partial charge is 0.389 e. The van der Waals surface area contributed by atoms with E-state index in [0.717, 1.165) is 29.0 Å². The Balaban J connectivity index is 1.69. The SMILES string of the molecule is OC(Cc1ccccc1)C(N1CCCCC1)n1ccc2cc(Cl)ccc21. The summed E-state index contributed by atoms with van der Waals surface area (Å²) in [5, 5.41) is 13.1. The highest BCUT2D eigenvalue weighted by Crippen LogP contribution is 2.30. The Morgan fingerprint density at radius 2 is 1.73 bits per heavy atom. The Labute approximate surface area is 159 Å². The van der Waals surface area contributed by atoms with Crippen molar-refractivity contribution in [1.29, 1.82) is 0 Å². The zero-order valence-corrected chi connectivity index (χ0v) is 15.6. The summed E-state index contributed by atoms with van der Waals surface area (Å²) >= 11 is 6.16. The van der Waals surface area contributed by atoms with Gasteiger partial charge in [-0.15, -0.1) is 0 Å². The van der Waals surface area contributed by atoms with Crippen molar-refractivity contribution < 1.29 is 5.11 Å². The molecule has 1 aliphatic rings. The summed E-state index contributed by atoms with van der Waals surface area (Å²) in [6.45, 7) is 2.06. The molecule has 0 radical (unpaired) electrons. The van der Waals surface area contributed by atoms with Crippen LogP contribution in [0.3, 0.4) is 0 Å². The molecule has 26 heavy (non-hydrogen) atoms. The van der Waals surface area contributed by atoms with Gasteiger partial charge in [-0.2, -0.15) is 0 Å². The van der Waals surface area contributed by atoms with Crippen LogP contribution in [0, 0.1) is 0 Å². The van der Waals surface area contributed by atoms with Crippen LogP contribution in [0.4, 0.5) is 0 Å². The molecule has 0 saturated carbocycles. The maximum Gasteiger partial charge on any atom is 0.113 e. The molecule has 2 atom stereocenters. The second kappa shape index (κ2) is 7.83. The van der Waals surface area contributed by atoms with E-state index in [2.05, 4.69) is 39.9 Å². The van der Waals surface area contributed by atoms with Gasteiger partial charge in [-0.3, -0.25) is 4.90 Å².